The van der Waals surface area contributed by atoms with Crippen LogP contribution in [0, 0.1) is 6.92 Å². The fourth-order valence-corrected chi connectivity index (χ4v) is 3.86. The smallest absolute Gasteiger partial charge is 0.261 e. The lowest BCUT2D eigenvalue weighted by Crippen LogP contribution is -2.51. The Morgan fingerprint density at radius 3 is 2.14 bits per heavy atom. The van der Waals surface area contributed by atoms with Gasteiger partial charge in [-0.05, 0) is 48.6 Å². The predicted octanol–water partition coefficient (Wildman–Crippen LogP) is 5.10. The zero-order chi connectivity index (χ0) is 25.0. The van der Waals surface area contributed by atoms with Gasteiger partial charge in [0.15, 0.2) is 6.61 Å². The van der Waals surface area contributed by atoms with Crippen LogP contribution in [0.1, 0.15) is 42.5 Å². The van der Waals surface area contributed by atoms with Gasteiger partial charge in [0.05, 0.1) is 0 Å². The zero-order valence-corrected chi connectivity index (χ0v) is 21.0. The second-order valence-corrected chi connectivity index (χ2v) is 8.79. The first-order valence-corrected chi connectivity index (χ1v) is 12.4. The van der Waals surface area contributed by atoms with Gasteiger partial charge in [-0.2, -0.15) is 0 Å². The van der Waals surface area contributed by atoms with Gasteiger partial charge < -0.3 is 15.0 Å². The summed E-state index contributed by atoms with van der Waals surface area (Å²) in [5.74, 6) is 0.266. The number of carbonyl (C=O) groups excluding carboxylic acids is 2. The number of nitrogens with one attached hydrogen (secondary N) is 1. The van der Waals surface area contributed by atoms with E-state index in [4.69, 9.17) is 4.74 Å². The molecule has 184 valence electrons. The number of nitrogens with zero attached hydrogens (tertiary/aromatic N) is 1. The third-order valence-corrected chi connectivity index (χ3v) is 5.99. The van der Waals surface area contributed by atoms with Crippen LogP contribution in [0.25, 0.3) is 0 Å². The van der Waals surface area contributed by atoms with Gasteiger partial charge in [-0.3, -0.25) is 9.59 Å². The molecule has 0 spiro atoms. The van der Waals surface area contributed by atoms with Gasteiger partial charge >= 0.3 is 0 Å². The molecule has 1 N–H and O–H groups in total. The van der Waals surface area contributed by atoms with Crippen molar-refractivity contribution in [1.29, 1.82) is 0 Å². The Balaban J connectivity index is 1.86. The van der Waals surface area contributed by atoms with Gasteiger partial charge in [-0.1, -0.05) is 86.1 Å². The number of hydrogen-bond donors (Lipinski definition) is 1. The van der Waals surface area contributed by atoms with Crippen LogP contribution in [0.4, 0.5) is 0 Å². The van der Waals surface area contributed by atoms with E-state index in [0.29, 0.717) is 25.3 Å². The molecule has 0 aliphatic heterocycles. The zero-order valence-electron chi connectivity index (χ0n) is 21.0. The minimum Gasteiger partial charge on any atom is -0.484 e. The summed E-state index contributed by atoms with van der Waals surface area (Å²) in [7, 11) is 0. The summed E-state index contributed by atoms with van der Waals surface area (Å²) in [5, 5.41) is 3.00. The SMILES string of the molecule is CCCNC(=O)[C@H](Cc1ccccc1)N(Cc1ccc(C)cc1)C(=O)COc1ccc(CC)cc1. The van der Waals surface area contributed by atoms with Crippen molar-refractivity contribution < 1.29 is 14.3 Å². The molecule has 0 radical (unpaired) electrons. The summed E-state index contributed by atoms with van der Waals surface area (Å²) in [6.45, 7) is 6.90. The third-order valence-electron chi connectivity index (χ3n) is 5.99. The maximum Gasteiger partial charge on any atom is 0.261 e. The maximum absolute atomic E-state index is 13.5. The van der Waals surface area contributed by atoms with Crippen molar-refractivity contribution in [1.82, 2.24) is 10.2 Å². The Kier molecular flexibility index (Phi) is 9.91. The summed E-state index contributed by atoms with van der Waals surface area (Å²) in [4.78, 5) is 28.5. The Hall–Kier alpha value is -3.60. The molecule has 0 fully saturated rings. The summed E-state index contributed by atoms with van der Waals surface area (Å²) in [5.41, 5.74) is 4.33. The summed E-state index contributed by atoms with van der Waals surface area (Å²) in [6.07, 6.45) is 2.20. The molecule has 0 saturated carbocycles. The quantitative estimate of drug-likeness (QED) is 0.399. The third kappa shape index (κ3) is 7.99. The number of carbonyl (C=O) groups is 2. The number of ether oxygens (including phenoxy) is 1. The van der Waals surface area contributed by atoms with Crippen molar-refractivity contribution in [2.75, 3.05) is 13.2 Å². The Morgan fingerprint density at radius 2 is 1.51 bits per heavy atom. The number of rotatable bonds is 12. The standard InChI is InChI=1S/C30H36N2O3/c1-4-19-31-30(34)28(20-25-9-7-6-8-10-25)32(21-26-13-11-23(3)12-14-26)29(33)22-35-27-17-15-24(5-2)16-18-27/h6-18,28H,4-5,19-22H2,1-3H3,(H,31,34)/t28-/m0/s1. The molecule has 0 heterocycles. The highest BCUT2D eigenvalue weighted by molar-refractivity contribution is 5.88. The lowest BCUT2D eigenvalue weighted by molar-refractivity contribution is -0.142. The summed E-state index contributed by atoms with van der Waals surface area (Å²) in [6, 6.07) is 25.0. The number of amides is 2. The van der Waals surface area contributed by atoms with E-state index in [0.717, 1.165) is 29.5 Å². The second-order valence-electron chi connectivity index (χ2n) is 8.79. The number of hydrogen-bond acceptors (Lipinski definition) is 3. The van der Waals surface area contributed by atoms with Crippen molar-refractivity contribution in [2.24, 2.45) is 0 Å². The van der Waals surface area contributed by atoms with Gasteiger partial charge in [0.25, 0.3) is 5.91 Å². The molecule has 5 nitrogen and oxygen atoms in total. The van der Waals surface area contributed by atoms with E-state index >= 15 is 0 Å². The molecule has 0 saturated heterocycles. The van der Waals surface area contributed by atoms with Crippen LogP contribution >= 0.6 is 0 Å². The molecule has 0 aromatic heterocycles. The molecule has 0 bridgehead atoms. The van der Waals surface area contributed by atoms with Crippen LogP contribution in [0.2, 0.25) is 0 Å². The molecule has 35 heavy (non-hydrogen) atoms. The highest BCUT2D eigenvalue weighted by Gasteiger charge is 2.30. The largest absolute Gasteiger partial charge is 0.484 e. The van der Waals surface area contributed by atoms with E-state index in [9.17, 15) is 9.59 Å². The molecule has 1 atom stereocenters. The lowest BCUT2D eigenvalue weighted by Gasteiger charge is -2.31. The molecule has 0 aliphatic rings. The topological polar surface area (TPSA) is 58.6 Å². The Morgan fingerprint density at radius 1 is 0.857 bits per heavy atom. The van der Waals surface area contributed by atoms with Crippen molar-refractivity contribution in [3.8, 4) is 5.75 Å². The lowest BCUT2D eigenvalue weighted by atomic mass is 10.0. The van der Waals surface area contributed by atoms with Crippen LogP contribution in [-0.4, -0.2) is 35.9 Å². The van der Waals surface area contributed by atoms with Crippen LogP contribution in [0.3, 0.4) is 0 Å². The van der Waals surface area contributed by atoms with Crippen LogP contribution in [-0.2, 0) is 29.0 Å². The van der Waals surface area contributed by atoms with E-state index in [1.54, 1.807) is 4.90 Å². The predicted molar refractivity (Wildman–Crippen MR) is 140 cm³/mol. The number of aryl methyl sites for hydroxylation is 2. The fraction of sp³-hybridized carbons (Fsp3) is 0.333. The van der Waals surface area contributed by atoms with E-state index in [1.165, 1.54) is 5.56 Å². The summed E-state index contributed by atoms with van der Waals surface area (Å²) >= 11 is 0. The first-order valence-electron chi connectivity index (χ1n) is 12.4. The Bertz CT molecular complexity index is 1060. The molecule has 0 aliphatic carbocycles. The molecule has 3 rings (SSSR count). The first-order chi connectivity index (χ1) is 17.0. The molecule has 2 amide bonds. The average molecular weight is 473 g/mol. The van der Waals surface area contributed by atoms with E-state index < -0.39 is 6.04 Å². The monoisotopic (exact) mass is 472 g/mol. The van der Waals surface area contributed by atoms with Crippen LogP contribution in [0.15, 0.2) is 78.9 Å². The minimum absolute atomic E-state index is 0.135. The normalized spacial score (nSPS) is 11.5. The van der Waals surface area contributed by atoms with Crippen molar-refractivity contribution >= 4 is 11.8 Å². The molecule has 3 aromatic carbocycles. The molecule has 3 aromatic rings. The Labute approximate surface area is 209 Å². The molecule has 0 unspecified atom stereocenters. The van der Waals surface area contributed by atoms with Gasteiger partial charge in [-0.15, -0.1) is 0 Å². The van der Waals surface area contributed by atoms with Gasteiger partial charge in [0, 0.05) is 19.5 Å². The van der Waals surface area contributed by atoms with E-state index in [1.807, 2.05) is 92.7 Å². The molecule has 5 heteroatoms. The van der Waals surface area contributed by atoms with Gasteiger partial charge in [-0.25, -0.2) is 0 Å². The van der Waals surface area contributed by atoms with Crippen molar-refractivity contribution in [3.63, 3.8) is 0 Å². The van der Waals surface area contributed by atoms with Crippen LogP contribution < -0.4 is 10.1 Å². The van der Waals surface area contributed by atoms with Gasteiger partial charge in [0.1, 0.15) is 11.8 Å². The minimum atomic E-state index is -0.649. The second kappa shape index (κ2) is 13.3. The van der Waals surface area contributed by atoms with Gasteiger partial charge in [0.2, 0.25) is 5.91 Å². The first kappa shape index (κ1) is 26.0. The average Bonchev–Trinajstić information content (AvgIpc) is 2.89. The van der Waals surface area contributed by atoms with Crippen LogP contribution in [0.5, 0.6) is 5.75 Å². The molecular weight excluding hydrogens is 436 g/mol. The van der Waals surface area contributed by atoms with E-state index in [-0.39, 0.29) is 18.4 Å². The maximum atomic E-state index is 13.5. The highest BCUT2D eigenvalue weighted by Crippen LogP contribution is 2.17. The number of benzene rings is 3. The highest BCUT2D eigenvalue weighted by atomic mass is 16.5. The molecular formula is C30H36N2O3. The van der Waals surface area contributed by atoms with E-state index in [2.05, 4.69) is 12.2 Å². The summed E-state index contributed by atoms with van der Waals surface area (Å²) < 4.78 is 5.84. The fourth-order valence-electron chi connectivity index (χ4n) is 3.86. The van der Waals surface area contributed by atoms with Crippen molar-refractivity contribution in [2.45, 2.75) is 52.6 Å². The van der Waals surface area contributed by atoms with Crippen molar-refractivity contribution in [3.05, 3.63) is 101 Å².